The van der Waals surface area contributed by atoms with Gasteiger partial charge in [0.05, 0.1) is 11.7 Å². The van der Waals surface area contributed by atoms with Gasteiger partial charge in [-0.1, -0.05) is 36.2 Å². The predicted molar refractivity (Wildman–Crippen MR) is 132 cm³/mol. The van der Waals surface area contributed by atoms with E-state index in [1.54, 1.807) is 23.5 Å². The summed E-state index contributed by atoms with van der Waals surface area (Å²) in [5, 5.41) is 3.01. The van der Waals surface area contributed by atoms with Gasteiger partial charge in [-0.3, -0.25) is 14.8 Å². The molecule has 0 spiro atoms. The van der Waals surface area contributed by atoms with Crippen LogP contribution in [0.1, 0.15) is 59.1 Å². The van der Waals surface area contributed by atoms with Gasteiger partial charge in [0, 0.05) is 47.1 Å². The fraction of sp³-hybridized carbons (Fsp3) is 0.520. The number of ether oxygens (including phenoxy) is 1. The molecule has 33 heavy (non-hydrogen) atoms. The summed E-state index contributed by atoms with van der Waals surface area (Å²) >= 11 is 3.47. The van der Waals surface area contributed by atoms with Crippen molar-refractivity contribution >= 4 is 33.6 Å². The summed E-state index contributed by atoms with van der Waals surface area (Å²) in [4.78, 5) is 36.5. The minimum absolute atomic E-state index is 0.0345. The molecule has 2 unspecified atom stereocenters. The number of nitrogens with one attached hydrogen (secondary N) is 1. The number of alkyl carbamates (subject to hydrolysis) is 1. The maximum Gasteiger partial charge on any atom is 0.407 e. The van der Waals surface area contributed by atoms with Gasteiger partial charge in [-0.15, -0.1) is 0 Å². The van der Waals surface area contributed by atoms with Gasteiger partial charge in [-0.2, -0.15) is 0 Å². The number of aromatic nitrogens is 2. The molecular weight excluding hydrogens is 484 g/mol. The maximum atomic E-state index is 13.7. The zero-order valence-corrected chi connectivity index (χ0v) is 21.5. The van der Waals surface area contributed by atoms with E-state index in [9.17, 15) is 9.59 Å². The maximum absolute atomic E-state index is 13.7. The number of nitrogens with zero attached hydrogens (tertiary/aromatic N) is 3. The Morgan fingerprint density at radius 1 is 1.24 bits per heavy atom. The molecule has 4 atom stereocenters. The topological polar surface area (TPSA) is 84.4 Å². The van der Waals surface area contributed by atoms with Crippen molar-refractivity contribution in [2.75, 3.05) is 11.4 Å². The lowest BCUT2D eigenvalue weighted by atomic mass is 9.98. The standard InChI is InChI=1S/C25H33BrN4O3/c1-6-16(2)22(29-24(32)33-25(3,4)5)15-30(18-9-7-17(26)8-10-18)23(31)20-13-19(20)21-14-27-11-12-28-21/h7-12,14,16,19-20,22H,6,13,15H2,1-5H3,(H,29,32)/t16?,19-,20-,22?/m1/s1. The Kier molecular flexibility index (Phi) is 8.10. The molecular formula is C25H33BrN4O3. The summed E-state index contributed by atoms with van der Waals surface area (Å²) in [5.74, 6) is 0.111. The van der Waals surface area contributed by atoms with Crippen LogP contribution in [0.15, 0.2) is 47.3 Å². The third-order valence-corrected chi connectivity index (χ3v) is 6.42. The molecule has 7 nitrogen and oxygen atoms in total. The summed E-state index contributed by atoms with van der Waals surface area (Å²) < 4.78 is 6.42. The number of benzene rings is 1. The summed E-state index contributed by atoms with van der Waals surface area (Å²) in [6.07, 6.45) is 6.15. The van der Waals surface area contributed by atoms with E-state index in [-0.39, 0.29) is 29.7 Å². The van der Waals surface area contributed by atoms with Gasteiger partial charge in [0.1, 0.15) is 5.60 Å². The molecule has 0 bridgehead atoms. The lowest BCUT2D eigenvalue weighted by molar-refractivity contribution is -0.120. The second kappa shape index (κ2) is 10.6. The third kappa shape index (κ3) is 7.00. The second-order valence-electron chi connectivity index (χ2n) is 9.64. The Hall–Kier alpha value is -2.48. The van der Waals surface area contributed by atoms with Crippen molar-refractivity contribution in [3.8, 4) is 0 Å². The van der Waals surface area contributed by atoms with Gasteiger partial charge < -0.3 is 15.0 Å². The van der Waals surface area contributed by atoms with Crippen molar-refractivity contribution in [2.45, 2.75) is 65.0 Å². The second-order valence-corrected chi connectivity index (χ2v) is 10.6. The lowest BCUT2D eigenvalue weighted by Crippen LogP contribution is -2.50. The molecule has 1 saturated carbocycles. The summed E-state index contributed by atoms with van der Waals surface area (Å²) in [5.41, 5.74) is 1.05. The number of rotatable bonds is 8. The quantitative estimate of drug-likeness (QED) is 0.513. The number of amides is 2. The minimum Gasteiger partial charge on any atom is -0.444 e. The molecule has 8 heteroatoms. The first kappa shape index (κ1) is 25.1. The van der Waals surface area contributed by atoms with E-state index in [1.165, 1.54) is 0 Å². The first-order chi connectivity index (χ1) is 15.6. The zero-order chi connectivity index (χ0) is 24.2. The first-order valence-electron chi connectivity index (χ1n) is 11.4. The molecule has 0 radical (unpaired) electrons. The summed E-state index contributed by atoms with van der Waals surface area (Å²) in [6, 6.07) is 7.42. The van der Waals surface area contributed by atoms with E-state index in [1.807, 2.05) is 45.0 Å². The van der Waals surface area contributed by atoms with E-state index >= 15 is 0 Å². The minimum atomic E-state index is -0.594. The molecule has 178 valence electrons. The number of anilines is 1. The fourth-order valence-electron chi connectivity index (χ4n) is 3.75. The molecule has 1 heterocycles. The van der Waals surface area contributed by atoms with Crippen molar-refractivity contribution in [2.24, 2.45) is 11.8 Å². The number of hydrogen-bond acceptors (Lipinski definition) is 5. The molecule has 0 aliphatic heterocycles. The number of carbonyl (C=O) groups is 2. The molecule has 1 N–H and O–H groups in total. The van der Waals surface area contributed by atoms with Crippen LogP contribution in [0.5, 0.6) is 0 Å². The van der Waals surface area contributed by atoms with Crippen molar-refractivity contribution in [1.82, 2.24) is 15.3 Å². The van der Waals surface area contributed by atoms with Crippen LogP contribution in [-0.2, 0) is 9.53 Å². The number of carbonyl (C=O) groups excluding carboxylic acids is 2. The van der Waals surface area contributed by atoms with Crippen LogP contribution in [-0.4, -0.2) is 40.2 Å². The normalized spacial score (nSPS) is 19.3. The molecule has 1 aliphatic rings. The van der Waals surface area contributed by atoms with Crippen molar-refractivity contribution in [1.29, 1.82) is 0 Å². The Morgan fingerprint density at radius 2 is 1.94 bits per heavy atom. The Morgan fingerprint density at radius 3 is 2.52 bits per heavy atom. The highest BCUT2D eigenvalue weighted by molar-refractivity contribution is 9.10. The van der Waals surface area contributed by atoms with Crippen molar-refractivity contribution < 1.29 is 14.3 Å². The molecule has 0 saturated heterocycles. The molecule has 2 amide bonds. The Bertz CT molecular complexity index is 946. The summed E-state index contributed by atoms with van der Waals surface area (Å²) in [6.45, 7) is 10.0. The number of halogens is 1. The van der Waals surface area contributed by atoms with Crippen LogP contribution < -0.4 is 10.2 Å². The molecule has 2 aromatic rings. The van der Waals surface area contributed by atoms with E-state index < -0.39 is 11.7 Å². The Labute approximate surface area is 204 Å². The monoisotopic (exact) mass is 516 g/mol. The van der Waals surface area contributed by atoms with Crippen LogP contribution >= 0.6 is 15.9 Å². The van der Waals surface area contributed by atoms with Gasteiger partial charge in [0.25, 0.3) is 0 Å². The van der Waals surface area contributed by atoms with E-state index in [2.05, 4.69) is 45.1 Å². The van der Waals surface area contributed by atoms with Crippen LogP contribution in [0.3, 0.4) is 0 Å². The van der Waals surface area contributed by atoms with Gasteiger partial charge in [-0.05, 0) is 57.4 Å². The highest BCUT2D eigenvalue weighted by atomic mass is 79.9. The van der Waals surface area contributed by atoms with Crippen LogP contribution in [0.4, 0.5) is 10.5 Å². The lowest BCUT2D eigenvalue weighted by Gasteiger charge is -2.32. The number of hydrogen-bond donors (Lipinski definition) is 1. The van der Waals surface area contributed by atoms with Crippen molar-refractivity contribution in [3.63, 3.8) is 0 Å². The Balaban J connectivity index is 1.82. The third-order valence-electron chi connectivity index (χ3n) is 5.89. The molecule has 1 fully saturated rings. The van der Waals surface area contributed by atoms with Gasteiger partial charge in [-0.25, -0.2) is 4.79 Å². The molecule has 1 aromatic heterocycles. The van der Waals surface area contributed by atoms with Crippen LogP contribution in [0.2, 0.25) is 0 Å². The van der Waals surface area contributed by atoms with E-state index in [4.69, 9.17) is 4.74 Å². The largest absolute Gasteiger partial charge is 0.444 e. The van der Waals surface area contributed by atoms with Gasteiger partial charge >= 0.3 is 6.09 Å². The fourth-order valence-corrected chi connectivity index (χ4v) is 4.01. The van der Waals surface area contributed by atoms with Crippen LogP contribution in [0, 0.1) is 11.8 Å². The van der Waals surface area contributed by atoms with Gasteiger partial charge in [0.2, 0.25) is 5.91 Å². The van der Waals surface area contributed by atoms with Crippen LogP contribution in [0.25, 0.3) is 0 Å². The van der Waals surface area contributed by atoms with Crippen molar-refractivity contribution in [3.05, 3.63) is 53.0 Å². The molecule has 1 aromatic carbocycles. The molecule has 3 rings (SSSR count). The average molecular weight is 517 g/mol. The molecule has 1 aliphatic carbocycles. The average Bonchev–Trinajstić information content (AvgIpc) is 3.57. The SMILES string of the molecule is CCC(C)C(CN(C(=O)[C@@H]1C[C@H]1c1cnccn1)c1ccc(Br)cc1)NC(=O)OC(C)(C)C. The highest BCUT2D eigenvalue weighted by Gasteiger charge is 2.47. The zero-order valence-electron chi connectivity index (χ0n) is 19.9. The van der Waals surface area contributed by atoms with E-state index in [0.717, 1.165) is 28.7 Å². The van der Waals surface area contributed by atoms with Gasteiger partial charge in [0.15, 0.2) is 0 Å². The predicted octanol–water partition coefficient (Wildman–Crippen LogP) is 5.32. The summed E-state index contributed by atoms with van der Waals surface area (Å²) in [7, 11) is 0. The van der Waals surface area contributed by atoms with E-state index in [0.29, 0.717) is 6.54 Å². The smallest absolute Gasteiger partial charge is 0.407 e. The highest BCUT2D eigenvalue weighted by Crippen LogP contribution is 2.48. The first-order valence-corrected chi connectivity index (χ1v) is 12.2.